The van der Waals surface area contributed by atoms with E-state index in [9.17, 15) is 14.4 Å². The van der Waals surface area contributed by atoms with E-state index in [-0.39, 0.29) is 5.57 Å². The Balaban J connectivity index is 1.65. The Kier molecular flexibility index (Phi) is 6.69. The minimum Gasteiger partial charge on any atom is -0.318 e. The number of halogens is 2. The highest BCUT2D eigenvalue weighted by atomic mass is 35.5. The van der Waals surface area contributed by atoms with Gasteiger partial charge in [-0.2, -0.15) is 0 Å². The first-order valence-corrected chi connectivity index (χ1v) is 12.6. The van der Waals surface area contributed by atoms with Crippen LogP contribution in [0.4, 0.5) is 16.2 Å². The third kappa shape index (κ3) is 4.42. The van der Waals surface area contributed by atoms with Crippen molar-refractivity contribution in [3.63, 3.8) is 0 Å². The molecule has 38 heavy (non-hydrogen) atoms. The number of carbonyl (C=O) groups excluding carboxylic acids is 3. The second-order valence-electron chi connectivity index (χ2n) is 9.05. The normalized spacial score (nSPS) is 15.1. The highest BCUT2D eigenvalue weighted by molar-refractivity contribution is 6.46. The number of urea groups is 1. The molecule has 6 nitrogen and oxygen atoms in total. The van der Waals surface area contributed by atoms with Gasteiger partial charge in [-0.05, 0) is 80.9 Å². The first-order valence-electron chi connectivity index (χ1n) is 11.9. The van der Waals surface area contributed by atoms with Crippen LogP contribution in [0.15, 0.2) is 84.4 Å². The van der Waals surface area contributed by atoms with Crippen molar-refractivity contribution in [1.29, 1.82) is 0 Å². The van der Waals surface area contributed by atoms with Crippen LogP contribution in [0, 0.1) is 20.8 Å². The Morgan fingerprint density at radius 2 is 1.24 bits per heavy atom. The van der Waals surface area contributed by atoms with Gasteiger partial charge in [0.05, 0.1) is 21.4 Å². The van der Waals surface area contributed by atoms with Crippen LogP contribution < -0.4 is 9.80 Å². The first kappa shape index (κ1) is 25.5. The number of carbonyl (C=O) groups is 3. The molecule has 1 aromatic heterocycles. The van der Waals surface area contributed by atoms with E-state index in [1.54, 1.807) is 60.7 Å². The summed E-state index contributed by atoms with van der Waals surface area (Å²) in [6.07, 6.45) is 1.55. The molecule has 1 aliphatic rings. The summed E-state index contributed by atoms with van der Waals surface area (Å²) < 4.78 is 1.96. The summed E-state index contributed by atoms with van der Waals surface area (Å²) in [5.41, 5.74) is 4.73. The summed E-state index contributed by atoms with van der Waals surface area (Å²) in [6.45, 7) is 5.72. The van der Waals surface area contributed by atoms with Gasteiger partial charge in [-0.3, -0.25) is 9.59 Å². The number of hydrogen-bond acceptors (Lipinski definition) is 3. The SMILES string of the molecule is Cc1ccc(N2C(=O)/C(=C\c3cc(C)n(-c4ccc(Cl)c(Cl)c4)c3C)C(=O)N(c3ccccc3)C2=O)cc1. The van der Waals surface area contributed by atoms with Gasteiger partial charge in [0.15, 0.2) is 0 Å². The van der Waals surface area contributed by atoms with E-state index in [0.29, 0.717) is 27.0 Å². The van der Waals surface area contributed by atoms with E-state index in [0.717, 1.165) is 32.4 Å². The maximum absolute atomic E-state index is 13.7. The molecule has 1 fully saturated rings. The second kappa shape index (κ2) is 9.97. The van der Waals surface area contributed by atoms with Crippen LogP contribution in [0.3, 0.4) is 0 Å². The van der Waals surface area contributed by atoms with Crippen molar-refractivity contribution >= 4 is 58.5 Å². The number of nitrogens with zero attached hydrogens (tertiary/aromatic N) is 3. The molecule has 1 saturated heterocycles. The molecule has 0 atom stereocenters. The molecule has 190 valence electrons. The monoisotopic (exact) mass is 543 g/mol. The van der Waals surface area contributed by atoms with Crippen LogP contribution in [-0.2, 0) is 9.59 Å². The van der Waals surface area contributed by atoms with Crippen molar-refractivity contribution in [3.8, 4) is 5.69 Å². The van der Waals surface area contributed by atoms with E-state index in [4.69, 9.17) is 23.2 Å². The molecule has 0 bridgehead atoms. The molecular weight excluding hydrogens is 521 g/mol. The number of aromatic nitrogens is 1. The lowest BCUT2D eigenvalue weighted by molar-refractivity contribution is -0.121. The minimum absolute atomic E-state index is 0.122. The number of aryl methyl sites for hydroxylation is 2. The molecular formula is C30H23Cl2N3O3. The van der Waals surface area contributed by atoms with Gasteiger partial charge in [-0.25, -0.2) is 14.6 Å². The van der Waals surface area contributed by atoms with Crippen molar-refractivity contribution in [1.82, 2.24) is 4.57 Å². The van der Waals surface area contributed by atoms with Gasteiger partial charge in [-0.1, -0.05) is 59.1 Å². The Hall–Kier alpha value is -4.13. The molecule has 0 saturated carbocycles. The minimum atomic E-state index is -0.728. The largest absolute Gasteiger partial charge is 0.343 e. The Bertz CT molecular complexity index is 1620. The quantitative estimate of drug-likeness (QED) is 0.200. The number of barbiturate groups is 1. The van der Waals surface area contributed by atoms with E-state index >= 15 is 0 Å². The summed E-state index contributed by atoms with van der Waals surface area (Å²) >= 11 is 12.4. The molecule has 8 heteroatoms. The molecule has 0 N–H and O–H groups in total. The van der Waals surface area contributed by atoms with E-state index in [1.807, 2.05) is 49.6 Å². The molecule has 4 amide bonds. The molecule has 2 heterocycles. The van der Waals surface area contributed by atoms with Crippen molar-refractivity contribution in [2.45, 2.75) is 20.8 Å². The van der Waals surface area contributed by atoms with E-state index < -0.39 is 17.8 Å². The van der Waals surface area contributed by atoms with Crippen molar-refractivity contribution in [2.75, 3.05) is 9.80 Å². The highest BCUT2D eigenvalue weighted by Gasteiger charge is 2.43. The van der Waals surface area contributed by atoms with Crippen LogP contribution in [0.1, 0.15) is 22.5 Å². The lowest BCUT2D eigenvalue weighted by Gasteiger charge is -2.34. The van der Waals surface area contributed by atoms with Gasteiger partial charge in [0.1, 0.15) is 5.57 Å². The van der Waals surface area contributed by atoms with Gasteiger partial charge in [0, 0.05) is 17.1 Å². The van der Waals surface area contributed by atoms with Crippen molar-refractivity contribution in [2.24, 2.45) is 0 Å². The van der Waals surface area contributed by atoms with Crippen molar-refractivity contribution in [3.05, 3.63) is 117 Å². The number of benzene rings is 3. The average Bonchev–Trinajstić information content (AvgIpc) is 3.18. The average molecular weight is 544 g/mol. The molecule has 0 spiro atoms. The standard InChI is InChI=1S/C30H23Cl2N3O3/c1-18-9-11-23(12-10-18)35-29(37)25(28(36)34(30(35)38)22-7-5-4-6-8-22)16-21-15-19(2)33(20(21)3)24-13-14-26(31)27(32)17-24/h4-17H,1-3H3/b25-16-. The lowest BCUT2D eigenvalue weighted by atomic mass is 10.0. The maximum Gasteiger partial charge on any atom is 0.343 e. The molecule has 0 unspecified atom stereocenters. The fourth-order valence-electron chi connectivity index (χ4n) is 4.57. The summed E-state index contributed by atoms with van der Waals surface area (Å²) in [4.78, 5) is 43.0. The fraction of sp³-hybridized carbons (Fsp3) is 0.100. The van der Waals surface area contributed by atoms with Crippen LogP contribution in [0.25, 0.3) is 11.8 Å². The number of anilines is 2. The summed E-state index contributed by atoms with van der Waals surface area (Å²) in [5.74, 6) is -1.37. The topological polar surface area (TPSA) is 62.6 Å². The second-order valence-corrected chi connectivity index (χ2v) is 9.87. The number of amides is 4. The van der Waals surface area contributed by atoms with E-state index in [1.165, 1.54) is 0 Å². The Morgan fingerprint density at radius 1 is 0.658 bits per heavy atom. The van der Waals surface area contributed by atoms with Gasteiger partial charge in [0.2, 0.25) is 0 Å². The summed E-state index contributed by atoms with van der Waals surface area (Å²) in [5, 5.41) is 0.862. The molecule has 0 aliphatic carbocycles. The molecule has 0 radical (unpaired) electrons. The third-order valence-corrected chi connectivity index (χ3v) is 7.23. The van der Waals surface area contributed by atoms with Gasteiger partial charge in [0.25, 0.3) is 11.8 Å². The highest BCUT2D eigenvalue weighted by Crippen LogP contribution is 2.32. The van der Waals surface area contributed by atoms with Crippen LogP contribution in [-0.4, -0.2) is 22.4 Å². The van der Waals surface area contributed by atoms with E-state index in [2.05, 4.69) is 0 Å². The Labute approximate surface area is 230 Å². The predicted molar refractivity (Wildman–Crippen MR) is 151 cm³/mol. The smallest absolute Gasteiger partial charge is 0.318 e. The predicted octanol–water partition coefficient (Wildman–Crippen LogP) is 7.29. The van der Waals surface area contributed by atoms with Crippen LogP contribution in [0.5, 0.6) is 0 Å². The van der Waals surface area contributed by atoms with Gasteiger partial charge >= 0.3 is 6.03 Å². The van der Waals surface area contributed by atoms with Crippen LogP contribution >= 0.6 is 23.2 Å². The number of rotatable bonds is 4. The Morgan fingerprint density at radius 3 is 1.84 bits per heavy atom. The molecule has 4 aromatic rings. The van der Waals surface area contributed by atoms with Gasteiger partial charge < -0.3 is 4.57 Å². The molecule has 5 rings (SSSR count). The van der Waals surface area contributed by atoms with Crippen molar-refractivity contribution < 1.29 is 14.4 Å². The molecule has 1 aliphatic heterocycles. The number of hydrogen-bond donors (Lipinski definition) is 0. The summed E-state index contributed by atoms with van der Waals surface area (Å²) in [7, 11) is 0. The maximum atomic E-state index is 13.7. The zero-order chi connectivity index (χ0) is 27.1. The van der Waals surface area contributed by atoms with Crippen LogP contribution in [0.2, 0.25) is 10.0 Å². The summed E-state index contributed by atoms with van der Waals surface area (Å²) in [6, 6.07) is 22.1. The lowest BCUT2D eigenvalue weighted by Crippen LogP contribution is -2.57. The zero-order valence-electron chi connectivity index (χ0n) is 20.9. The number of imide groups is 2. The third-order valence-electron chi connectivity index (χ3n) is 6.49. The first-order chi connectivity index (χ1) is 18.2. The zero-order valence-corrected chi connectivity index (χ0v) is 22.4. The van der Waals surface area contributed by atoms with Gasteiger partial charge in [-0.15, -0.1) is 0 Å². The number of para-hydroxylation sites is 1. The fourth-order valence-corrected chi connectivity index (χ4v) is 4.86. The molecule has 3 aromatic carbocycles.